The highest BCUT2D eigenvalue weighted by Crippen LogP contribution is 2.37. The van der Waals surface area contributed by atoms with E-state index in [0.717, 1.165) is 36.0 Å². The molecule has 180 valence electrons. The molecule has 1 heterocycles. The zero-order chi connectivity index (χ0) is 24.9. The highest BCUT2D eigenvalue weighted by atomic mass is 16.5. The molecule has 0 spiro atoms. The summed E-state index contributed by atoms with van der Waals surface area (Å²) in [5.41, 5.74) is 5.81. The molecule has 0 unspecified atom stereocenters. The van der Waals surface area contributed by atoms with Gasteiger partial charge in [0.25, 0.3) is 11.8 Å². The van der Waals surface area contributed by atoms with E-state index in [2.05, 4.69) is 12.2 Å². The van der Waals surface area contributed by atoms with Crippen LogP contribution in [0.3, 0.4) is 0 Å². The number of hydrogen-bond donors (Lipinski definition) is 1. The average Bonchev–Trinajstić information content (AvgIpc) is 3.09. The molecule has 0 saturated heterocycles. The molecule has 5 heteroatoms. The second kappa shape index (κ2) is 10.6. The van der Waals surface area contributed by atoms with Gasteiger partial charge in [-0.25, -0.2) is 4.90 Å². The van der Waals surface area contributed by atoms with E-state index in [0.29, 0.717) is 29.3 Å². The van der Waals surface area contributed by atoms with E-state index in [1.165, 1.54) is 10.5 Å². The second-order valence-electron chi connectivity index (χ2n) is 8.84. The lowest BCUT2D eigenvalue weighted by molar-refractivity contribution is -0.120. The fraction of sp³-hybridized carbons (Fsp3) is 0.267. The number of imide groups is 1. The minimum atomic E-state index is -0.377. The molecule has 0 aromatic heterocycles. The Balaban J connectivity index is 1.78. The third-order valence-electron chi connectivity index (χ3n) is 6.20. The lowest BCUT2D eigenvalue weighted by Gasteiger charge is -2.16. The van der Waals surface area contributed by atoms with Crippen LogP contribution in [-0.2, 0) is 16.0 Å². The van der Waals surface area contributed by atoms with Crippen molar-refractivity contribution in [3.05, 3.63) is 94.7 Å². The molecule has 1 N–H and O–H groups in total. The number of carbonyl (C=O) groups is 2. The quantitative estimate of drug-likeness (QED) is 0.367. The standard InChI is InChI=1S/C30H32N2O3/c1-5-7-10-22-14-16-23(17-15-22)32-29(33)27(24-18-13-20(3)19-21(24)4)28(30(32)34)31-25-11-8-9-12-26(25)35-6-2/h8-9,11-19,31H,5-7,10H2,1-4H3. The van der Waals surface area contributed by atoms with Gasteiger partial charge in [-0.2, -0.15) is 0 Å². The van der Waals surface area contributed by atoms with Crippen molar-refractivity contribution < 1.29 is 14.3 Å². The van der Waals surface area contributed by atoms with Crippen LogP contribution in [0.4, 0.5) is 11.4 Å². The van der Waals surface area contributed by atoms with Crippen molar-refractivity contribution >= 4 is 28.8 Å². The number of carbonyl (C=O) groups excluding carboxylic acids is 2. The number of para-hydroxylation sites is 2. The van der Waals surface area contributed by atoms with Gasteiger partial charge in [-0.05, 0) is 74.6 Å². The van der Waals surface area contributed by atoms with Crippen molar-refractivity contribution in [2.24, 2.45) is 0 Å². The monoisotopic (exact) mass is 468 g/mol. The molecular weight excluding hydrogens is 436 g/mol. The lowest BCUT2D eigenvalue weighted by Crippen LogP contribution is -2.32. The molecule has 3 aromatic rings. The summed E-state index contributed by atoms with van der Waals surface area (Å²) < 4.78 is 5.75. The number of unbranched alkanes of at least 4 members (excludes halogenated alkanes) is 1. The SMILES string of the molecule is CCCCc1ccc(N2C(=O)C(Nc3ccccc3OCC)=C(c3ccc(C)cc3C)C2=O)cc1. The van der Waals surface area contributed by atoms with E-state index in [9.17, 15) is 9.59 Å². The molecule has 0 bridgehead atoms. The topological polar surface area (TPSA) is 58.6 Å². The van der Waals surface area contributed by atoms with Gasteiger partial charge in [0.2, 0.25) is 0 Å². The number of aryl methyl sites for hydroxylation is 3. The molecule has 35 heavy (non-hydrogen) atoms. The third kappa shape index (κ3) is 4.99. The van der Waals surface area contributed by atoms with E-state index in [1.807, 2.05) is 87.5 Å². The Morgan fingerprint density at radius 3 is 2.31 bits per heavy atom. The van der Waals surface area contributed by atoms with Crippen molar-refractivity contribution in [2.75, 3.05) is 16.8 Å². The van der Waals surface area contributed by atoms with Gasteiger partial charge < -0.3 is 10.1 Å². The van der Waals surface area contributed by atoms with Crippen LogP contribution in [0.2, 0.25) is 0 Å². The van der Waals surface area contributed by atoms with E-state index in [4.69, 9.17) is 4.74 Å². The molecule has 1 aliphatic rings. The fourth-order valence-corrected chi connectivity index (χ4v) is 4.40. The van der Waals surface area contributed by atoms with Crippen molar-refractivity contribution in [1.29, 1.82) is 0 Å². The minimum Gasteiger partial charge on any atom is -0.492 e. The first-order chi connectivity index (χ1) is 16.9. The first-order valence-electron chi connectivity index (χ1n) is 12.2. The van der Waals surface area contributed by atoms with Gasteiger partial charge in [0, 0.05) is 0 Å². The molecule has 0 atom stereocenters. The maximum atomic E-state index is 13.8. The smallest absolute Gasteiger partial charge is 0.282 e. The zero-order valence-electron chi connectivity index (χ0n) is 20.9. The van der Waals surface area contributed by atoms with Crippen LogP contribution in [0, 0.1) is 13.8 Å². The van der Waals surface area contributed by atoms with Gasteiger partial charge >= 0.3 is 0 Å². The molecule has 0 radical (unpaired) electrons. The maximum Gasteiger partial charge on any atom is 0.282 e. The summed E-state index contributed by atoms with van der Waals surface area (Å²) in [4.78, 5) is 28.8. The Labute approximate surface area is 207 Å². The third-order valence-corrected chi connectivity index (χ3v) is 6.20. The molecule has 0 fully saturated rings. The van der Waals surface area contributed by atoms with Crippen LogP contribution in [0.5, 0.6) is 5.75 Å². The number of rotatable bonds is 9. The van der Waals surface area contributed by atoms with Crippen molar-refractivity contribution in [1.82, 2.24) is 0 Å². The van der Waals surface area contributed by atoms with Crippen LogP contribution in [0.15, 0.2) is 72.4 Å². The maximum absolute atomic E-state index is 13.8. The summed E-state index contributed by atoms with van der Waals surface area (Å²) in [6, 6.07) is 21.1. The number of hydrogen-bond acceptors (Lipinski definition) is 4. The van der Waals surface area contributed by atoms with Crippen molar-refractivity contribution in [2.45, 2.75) is 47.0 Å². The van der Waals surface area contributed by atoms with Crippen LogP contribution in [0.25, 0.3) is 5.57 Å². The van der Waals surface area contributed by atoms with Crippen LogP contribution in [0.1, 0.15) is 48.9 Å². The molecule has 0 saturated carbocycles. The highest BCUT2D eigenvalue weighted by molar-refractivity contribution is 6.46. The molecule has 4 rings (SSSR count). The highest BCUT2D eigenvalue weighted by Gasteiger charge is 2.41. The van der Waals surface area contributed by atoms with Gasteiger partial charge in [-0.3, -0.25) is 9.59 Å². The Kier molecular flexibility index (Phi) is 7.35. The number of amides is 2. The predicted molar refractivity (Wildman–Crippen MR) is 142 cm³/mol. The summed E-state index contributed by atoms with van der Waals surface area (Å²) >= 11 is 0. The first kappa shape index (κ1) is 24.3. The van der Waals surface area contributed by atoms with Crippen LogP contribution < -0.4 is 15.0 Å². The molecule has 5 nitrogen and oxygen atoms in total. The average molecular weight is 469 g/mol. The van der Waals surface area contributed by atoms with Crippen LogP contribution >= 0.6 is 0 Å². The molecule has 2 amide bonds. The lowest BCUT2D eigenvalue weighted by atomic mass is 9.97. The summed E-state index contributed by atoms with van der Waals surface area (Å²) in [6.45, 7) is 8.54. The van der Waals surface area contributed by atoms with E-state index in [-0.39, 0.29) is 17.5 Å². The summed E-state index contributed by atoms with van der Waals surface area (Å²) in [5.74, 6) is -0.0845. The number of anilines is 2. The fourth-order valence-electron chi connectivity index (χ4n) is 4.40. The number of benzene rings is 3. The van der Waals surface area contributed by atoms with E-state index >= 15 is 0 Å². The van der Waals surface area contributed by atoms with Gasteiger partial charge in [0.05, 0.1) is 23.6 Å². The molecule has 3 aromatic carbocycles. The Bertz CT molecular complexity index is 1280. The number of ether oxygens (including phenoxy) is 1. The Morgan fingerprint density at radius 1 is 0.886 bits per heavy atom. The summed E-state index contributed by atoms with van der Waals surface area (Å²) in [7, 11) is 0. The van der Waals surface area contributed by atoms with Gasteiger partial charge in [-0.15, -0.1) is 0 Å². The summed E-state index contributed by atoms with van der Waals surface area (Å²) in [5, 5.41) is 3.25. The van der Waals surface area contributed by atoms with Crippen molar-refractivity contribution in [3.63, 3.8) is 0 Å². The van der Waals surface area contributed by atoms with E-state index in [1.54, 1.807) is 0 Å². The summed E-state index contributed by atoms with van der Waals surface area (Å²) in [6.07, 6.45) is 3.20. The molecule has 1 aliphatic heterocycles. The Morgan fingerprint density at radius 2 is 1.63 bits per heavy atom. The van der Waals surface area contributed by atoms with E-state index < -0.39 is 0 Å². The largest absolute Gasteiger partial charge is 0.492 e. The zero-order valence-corrected chi connectivity index (χ0v) is 20.9. The molecular formula is C30H32N2O3. The number of nitrogens with one attached hydrogen (secondary N) is 1. The molecule has 0 aliphatic carbocycles. The minimum absolute atomic E-state index is 0.254. The number of nitrogens with zero attached hydrogens (tertiary/aromatic N) is 1. The van der Waals surface area contributed by atoms with Crippen molar-refractivity contribution in [3.8, 4) is 5.75 Å². The normalized spacial score (nSPS) is 13.5. The predicted octanol–water partition coefficient (Wildman–Crippen LogP) is 6.44. The van der Waals surface area contributed by atoms with Gasteiger partial charge in [-0.1, -0.05) is 61.4 Å². The second-order valence-corrected chi connectivity index (χ2v) is 8.84. The van der Waals surface area contributed by atoms with Gasteiger partial charge in [0.1, 0.15) is 11.4 Å². The van der Waals surface area contributed by atoms with Crippen LogP contribution in [-0.4, -0.2) is 18.4 Å². The first-order valence-corrected chi connectivity index (χ1v) is 12.2. The Hall–Kier alpha value is -3.86. The van der Waals surface area contributed by atoms with Gasteiger partial charge in [0.15, 0.2) is 0 Å².